The fraction of sp³-hybridized carbons (Fsp3) is 0.600. The molecule has 4 heteroatoms. The zero-order valence-corrected chi connectivity index (χ0v) is 15.8. The number of rotatable bonds is 2. The summed E-state index contributed by atoms with van der Waals surface area (Å²) in [7, 11) is 2.22. The van der Waals surface area contributed by atoms with Crippen LogP contribution < -0.4 is 0 Å². The van der Waals surface area contributed by atoms with Crippen LogP contribution in [0.3, 0.4) is 0 Å². The molecule has 1 atom stereocenters. The van der Waals surface area contributed by atoms with E-state index < -0.39 is 0 Å². The zero-order valence-electron chi connectivity index (χ0n) is 15.0. The van der Waals surface area contributed by atoms with Crippen molar-refractivity contribution in [1.82, 2.24) is 9.88 Å². The molecule has 3 nitrogen and oxygen atoms in total. The Morgan fingerprint density at radius 1 is 1.25 bits per heavy atom. The van der Waals surface area contributed by atoms with Crippen molar-refractivity contribution in [3.63, 3.8) is 0 Å². The van der Waals surface area contributed by atoms with E-state index in [1.54, 1.807) is 0 Å². The topological polar surface area (TPSA) is 28.5 Å². The number of nitrogens with zero attached hydrogens (tertiary/aromatic N) is 3. The van der Waals surface area contributed by atoms with Gasteiger partial charge in [0.05, 0.1) is 15.2 Å². The van der Waals surface area contributed by atoms with Gasteiger partial charge in [-0.25, -0.2) is 4.98 Å². The Morgan fingerprint density at radius 3 is 2.75 bits per heavy atom. The molecule has 2 aromatic rings. The highest BCUT2D eigenvalue weighted by Gasteiger charge is 2.33. The van der Waals surface area contributed by atoms with Crippen LogP contribution in [0.4, 0.5) is 0 Å². The van der Waals surface area contributed by atoms with Gasteiger partial charge in [0, 0.05) is 17.7 Å². The van der Waals surface area contributed by atoms with Crippen LogP contribution in [0.15, 0.2) is 23.2 Å². The van der Waals surface area contributed by atoms with Gasteiger partial charge in [-0.15, -0.1) is 11.3 Å². The predicted molar refractivity (Wildman–Crippen MR) is 104 cm³/mol. The van der Waals surface area contributed by atoms with Crippen molar-refractivity contribution < 1.29 is 0 Å². The molecular weight excluding hydrogens is 314 g/mol. The first-order valence-corrected chi connectivity index (χ1v) is 9.98. The molecule has 0 radical (unpaired) electrons. The summed E-state index contributed by atoms with van der Waals surface area (Å²) >= 11 is 1.89. The molecule has 1 saturated heterocycles. The first-order chi connectivity index (χ1) is 11.5. The molecular formula is C20H27N3S. The third-order valence-corrected chi connectivity index (χ3v) is 7.14. The van der Waals surface area contributed by atoms with Gasteiger partial charge in [-0.1, -0.05) is 19.9 Å². The average Bonchev–Trinajstić information content (AvgIpc) is 3.02. The molecule has 2 aliphatic rings. The van der Waals surface area contributed by atoms with Crippen LogP contribution in [0, 0.1) is 5.92 Å². The number of aliphatic imine (C=N–C) groups is 1. The van der Waals surface area contributed by atoms with Gasteiger partial charge in [0.1, 0.15) is 0 Å². The smallest absolute Gasteiger partial charge is 0.0998 e. The quantitative estimate of drug-likeness (QED) is 0.804. The van der Waals surface area contributed by atoms with Crippen molar-refractivity contribution in [2.75, 3.05) is 26.7 Å². The summed E-state index contributed by atoms with van der Waals surface area (Å²) in [5.41, 5.74) is 3.96. The summed E-state index contributed by atoms with van der Waals surface area (Å²) in [4.78, 5) is 12.3. The summed E-state index contributed by atoms with van der Waals surface area (Å²) in [6.45, 7) is 8.00. The minimum absolute atomic E-state index is 0.244. The number of hydrogen-bond donors (Lipinski definition) is 0. The third kappa shape index (κ3) is 3.02. The lowest BCUT2D eigenvalue weighted by Crippen LogP contribution is -2.38. The normalized spacial score (nSPS) is 25.0. The fourth-order valence-electron chi connectivity index (χ4n) is 3.75. The van der Waals surface area contributed by atoms with Gasteiger partial charge in [-0.3, -0.25) is 4.99 Å². The van der Waals surface area contributed by atoms with Gasteiger partial charge in [0.2, 0.25) is 0 Å². The Labute approximate surface area is 148 Å². The number of hydrogen-bond acceptors (Lipinski definition) is 4. The predicted octanol–water partition coefficient (Wildman–Crippen LogP) is 4.50. The van der Waals surface area contributed by atoms with E-state index in [9.17, 15) is 0 Å². The van der Waals surface area contributed by atoms with Crippen LogP contribution in [0.25, 0.3) is 10.2 Å². The molecule has 0 aliphatic carbocycles. The Hall–Kier alpha value is -1.26. The van der Waals surface area contributed by atoms with E-state index in [0.29, 0.717) is 0 Å². The van der Waals surface area contributed by atoms with Gasteiger partial charge < -0.3 is 4.90 Å². The van der Waals surface area contributed by atoms with Crippen molar-refractivity contribution in [1.29, 1.82) is 0 Å². The standard InChI is InChI=1S/C20H27N3S/c1-14-4-6-16(21-13-14)15-5-7-18-17(12-15)22-19(24-18)20(2)8-10-23(3)11-9-20/h5,7,12,14H,4,6,8-11,13H2,1-3H3. The molecule has 128 valence electrons. The van der Waals surface area contributed by atoms with E-state index in [4.69, 9.17) is 9.98 Å². The molecule has 2 aliphatic heterocycles. The summed E-state index contributed by atoms with van der Waals surface area (Å²) < 4.78 is 1.32. The van der Waals surface area contributed by atoms with Gasteiger partial charge in [0.25, 0.3) is 0 Å². The Balaban J connectivity index is 1.64. The molecule has 1 unspecified atom stereocenters. The minimum atomic E-state index is 0.244. The monoisotopic (exact) mass is 341 g/mol. The average molecular weight is 342 g/mol. The van der Waals surface area contributed by atoms with Crippen LogP contribution in [-0.2, 0) is 5.41 Å². The lowest BCUT2D eigenvalue weighted by Gasteiger charge is -2.36. The van der Waals surface area contributed by atoms with Gasteiger partial charge in [-0.2, -0.15) is 0 Å². The molecule has 4 rings (SSSR count). The van der Waals surface area contributed by atoms with E-state index in [2.05, 4.69) is 44.0 Å². The SMILES string of the molecule is CC1CCC(c2ccc3sc(C4(C)CCN(C)CC4)nc3c2)=NC1. The van der Waals surface area contributed by atoms with Gasteiger partial charge in [-0.05, 0) is 69.4 Å². The molecule has 0 bridgehead atoms. The second kappa shape index (κ2) is 6.23. The van der Waals surface area contributed by atoms with Crippen LogP contribution in [0.2, 0.25) is 0 Å². The molecule has 3 heterocycles. The highest BCUT2D eigenvalue weighted by molar-refractivity contribution is 7.18. The minimum Gasteiger partial charge on any atom is -0.306 e. The number of thiazole rings is 1. The number of fused-ring (bicyclic) bond motifs is 1. The maximum atomic E-state index is 5.05. The van der Waals surface area contributed by atoms with Crippen molar-refractivity contribution in [2.45, 2.75) is 44.9 Å². The molecule has 1 aromatic carbocycles. The third-order valence-electron chi connectivity index (χ3n) is 5.80. The van der Waals surface area contributed by atoms with Gasteiger partial charge >= 0.3 is 0 Å². The Morgan fingerprint density at radius 2 is 2.04 bits per heavy atom. The summed E-state index contributed by atoms with van der Waals surface area (Å²) in [5, 5.41) is 1.32. The maximum absolute atomic E-state index is 5.05. The van der Waals surface area contributed by atoms with Gasteiger partial charge in [0.15, 0.2) is 0 Å². The molecule has 1 aromatic heterocycles. The largest absolute Gasteiger partial charge is 0.306 e. The number of piperidine rings is 1. The fourth-order valence-corrected chi connectivity index (χ4v) is 4.89. The second-order valence-electron chi connectivity index (χ2n) is 8.00. The zero-order chi connectivity index (χ0) is 16.7. The maximum Gasteiger partial charge on any atom is 0.0998 e. The molecule has 24 heavy (non-hydrogen) atoms. The van der Waals surface area contributed by atoms with Crippen molar-refractivity contribution in [2.24, 2.45) is 10.9 Å². The highest BCUT2D eigenvalue weighted by atomic mass is 32.1. The lowest BCUT2D eigenvalue weighted by atomic mass is 9.81. The molecule has 0 saturated carbocycles. The van der Waals surface area contributed by atoms with Crippen LogP contribution in [0.5, 0.6) is 0 Å². The first kappa shape index (κ1) is 16.2. The summed E-state index contributed by atoms with van der Waals surface area (Å²) in [6.07, 6.45) is 4.78. The van der Waals surface area contributed by atoms with E-state index in [0.717, 1.165) is 24.4 Å². The van der Waals surface area contributed by atoms with E-state index in [1.807, 2.05) is 11.3 Å². The van der Waals surface area contributed by atoms with E-state index >= 15 is 0 Å². The van der Waals surface area contributed by atoms with Crippen LogP contribution in [0.1, 0.15) is 50.1 Å². The highest BCUT2D eigenvalue weighted by Crippen LogP contribution is 2.39. The number of benzene rings is 1. The summed E-state index contributed by atoms with van der Waals surface area (Å²) in [5.74, 6) is 0.729. The van der Waals surface area contributed by atoms with Crippen LogP contribution in [-0.4, -0.2) is 42.3 Å². The lowest BCUT2D eigenvalue weighted by molar-refractivity contribution is 0.200. The number of aromatic nitrogens is 1. The molecule has 0 N–H and O–H groups in total. The first-order valence-electron chi connectivity index (χ1n) is 9.17. The number of likely N-dealkylation sites (tertiary alicyclic amines) is 1. The van der Waals surface area contributed by atoms with Crippen molar-refractivity contribution in [3.8, 4) is 0 Å². The van der Waals surface area contributed by atoms with E-state index in [1.165, 1.54) is 53.3 Å². The van der Waals surface area contributed by atoms with E-state index in [-0.39, 0.29) is 5.41 Å². The van der Waals surface area contributed by atoms with Crippen LogP contribution >= 0.6 is 11.3 Å². The Kier molecular flexibility index (Phi) is 4.21. The second-order valence-corrected chi connectivity index (χ2v) is 9.03. The Bertz CT molecular complexity index is 768. The molecule has 0 spiro atoms. The molecule has 0 amide bonds. The van der Waals surface area contributed by atoms with Crippen molar-refractivity contribution >= 4 is 27.3 Å². The molecule has 1 fully saturated rings. The van der Waals surface area contributed by atoms with Crippen molar-refractivity contribution in [3.05, 3.63) is 28.8 Å². The summed E-state index contributed by atoms with van der Waals surface area (Å²) in [6, 6.07) is 6.77.